The van der Waals surface area contributed by atoms with Crippen LogP contribution in [0.2, 0.25) is 0 Å². The standard InChI is InChI=1S/C15H26O2/c1-4-5-6-7-8-9-10-11-12-13-17-15(16)14(2)3/h4-5H,2,6-13H2,1,3H3/b5-4+. The average Bonchev–Trinajstić information content (AvgIpc) is 2.31. The van der Waals surface area contributed by atoms with Crippen LogP contribution in [0.25, 0.3) is 0 Å². The monoisotopic (exact) mass is 238 g/mol. The summed E-state index contributed by atoms with van der Waals surface area (Å²) in [7, 11) is 0. The Morgan fingerprint density at radius 1 is 1.12 bits per heavy atom. The van der Waals surface area contributed by atoms with Crippen LogP contribution in [0.1, 0.15) is 58.8 Å². The molecule has 0 aliphatic carbocycles. The zero-order valence-corrected chi connectivity index (χ0v) is 11.3. The number of rotatable bonds is 10. The van der Waals surface area contributed by atoms with Crippen LogP contribution in [0.3, 0.4) is 0 Å². The molecule has 0 fully saturated rings. The smallest absolute Gasteiger partial charge is 0.333 e. The van der Waals surface area contributed by atoms with E-state index >= 15 is 0 Å². The number of hydrogen-bond donors (Lipinski definition) is 0. The van der Waals surface area contributed by atoms with Gasteiger partial charge in [-0.3, -0.25) is 0 Å². The SMILES string of the molecule is C=C(C)C(=O)OCCCCCCCC/C=C/C. The lowest BCUT2D eigenvalue weighted by molar-refractivity contribution is -0.139. The fraction of sp³-hybridized carbons (Fsp3) is 0.667. The van der Waals surface area contributed by atoms with Crippen LogP contribution in [0.15, 0.2) is 24.3 Å². The van der Waals surface area contributed by atoms with Gasteiger partial charge in [0.15, 0.2) is 0 Å². The van der Waals surface area contributed by atoms with Gasteiger partial charge in [0.2, 0.25) is 0 Å². The van der Waals surface area contributed by atoms with Gasteiger partial charge < -0.3 is 4.74 Å². The van der Waals surface area contributed by atoms with Gasteiger partial charge in [0.1, 0.15) is 0 Å². The van der Waals surface area contributed by atoms with Crippen LogP contribution < -0.4 is 0 Å². The number of carbonyl (C=O) groups excluding carboxylic acids is 1. The van der Waals surface area contributed by atoms with Crippen molar-refractivity contribution in [1.29, 1.82) is 0 Å². The van der Waals surface area contributed by atoms with Crippen molar-refractivity contribution in [3.63, 3.8) is 0 Å². The highest BCUT2D eigenvalue weighted by molar-refractivity contribution is 5.86. The molecule has 0 aromatic heterocycles. The Kier molecular flexibility index (Phi) is 10.7. The second-order valence-corrected chi connectivity index (χ2v) is 4.40. The van der Waals surface area contributed by atoms with Crippen molar-refractivity contribution < 1.29 is 9.53 Å². The summed E-state index contributed by atoms with van der Waals surface area (Å²) in [6, 6.07) is 0. The second-order valence-electron chi connectivity index (χ2n) is 4.40. The zero-order chi connectivity index (χ0) is 12.9. The highest BCUT2D eigenvalue weighted by Crippen LogP contribution is 2.08. The van der Waals surface area contributed by atoms with Crippen molar-refractivity contribution in [1.82, 2.24) is 0 Å². The Bertz CT molecular complexity index is 241. The molecule has 0 aliphatic rings. The number of allylic oxidation sites excluding steroid dienone is 2. The Hall–Kier alpha value is -1.05. The summed E-state index contributed by atoms with van der Waals surface area (Å²) in [5, 5.41) is 0. The lowest BCUT2D eigenvalue weighted by atomic mass is 10.1. The van der Waals surface area contributed by atoms with Crippen LogP contribution in [0.5, 0.6) is 0 Å². The molecule has 0 amide bonds. The predicted molar refractivity (Wildman–Crippen MR) is 72.9 cm³/mol. The number of ether oxygens (including phenoxy) is 1. The van der Waals surface area contributed by atoms with Gasteiger partial charge in [0, 0.05) is 5.57 Å². The van der Waals surface area contributed by atoms with Gasteiger partial charge in [-0.1, -0.05) is 44.4 Å². The third-order valence-corrected chi connectivity index (χ3v) is 2.58. The van der Waals surface area contributed by atoms with E-state index in [0.717, 1.165) is 12.8 Å². The Balaban J connectivity index is 3.13. The minimum absolute atomic E-state index is 0.267. The molecule has 0 rings (SSSR count). The summed E-state index contributed by atoms with van der Waals surface area (Å²) in [6.45, 7) is 7.81. The van der Waals surface area contributed by atoms with Crippen molar-refractivity contribution in [3.8, 4) is 0 Å². The van der Waals surface area contributed by atoms with E-state index in [2.05, 4.69) is 25.7 Å². The molecular formula is C15H26O2. The Morgan fingerprint density at radius 3 is 2.29 bits per heavy atom. The minimum atomic E-state index is -0.267. The molecule has 0 bridgehead atoms. The van der Waals surface area contributed by atoms with E-state index in [-0.39, 0.29) is 5.97 Å². The molecule has 0 saturated heterocycles. The first-order chi connectivity index (χ1) is 8.18. The van der Waals surface area contributed by atoms with Crippen LogP contribution in [-0.2, 0) is 9.53 Å². The highest BCUT2D eigenvalue weighted by atomic mass is 16.5. The summed E-state index contributed by atoms with van der Waals surface area (Å²) in [5.74, 6) is -0.267. The number of carbonyl (C=O) groups is 1. The lowest BCUT2D eigenvalue weighted by Crippen LogP contribution is -2.05. The van der Waals surface area contributed by atoms with Crippen molar-refractivity contribution in [3.05, 3.63) is 24.3 Å². The minimum Gasteiger partial charge on any atom is -0.462 e. The van der Waals surface area contributed by atoms with Gasteiger partial charge in [-0.15, -0.1) is 0 Å². The molecule has 2 heteroatoms. The first-order valence-electron chi connectivity index (χ1n) is 6.62. The predicted octanol–water partition coefficient (Wildman–Crippen LogP) is 4.41. The molecule has 98 valence electrons. The van der Waals surface area contributed by atoms with Crippen molar-refractivity contribution in [2.24, 2.45) is 0 Å². The van der Waals surface area contributed by atoms with Crippen LogP contribution >= 0.6 is 0 Å². The van der Waals surface area contributed by atoms with Gasteiger partial charge in [0.05, 0.1) is 6.61 Å². The normalized spacial score (nSPS) is 10.7. The van der Waals surface area contributed by atoms with Gasteiger partial charge >= 0.3 is 5.97 Å². The summed E-state index contributed by atoms with van der Waals surface area (Å²) in [4.78, 5) is 11.1. The summed E-state index contributed by atoms with van der Waals surface area (Å²) >= 11 is 0. The molecular weight excluding hydrogens is 212 g/mol. The molecule has 0 spiro atoms. The van der Waals surface area contributed by atoms with E-state index in [4.69, 9.17) is 4.74 Å². The van der Waals surface area contributed by atoms with Crippen LogP contribution in [0.4, 0.5) is 0 Å². The molecule has 0 aromatic rings. The highest BCUT2D eigenvalue weighted by Gasteiger charge is 2.01. The van der Waals surface area contributed by atoms with E-state index in [9.17, 15) is 4.79 Å². The summed E-state index contributed by atoms with van der Waals surface area (Å²) < 4.78 is 5.02. The molecule has 0 heterocycles. The summed E-state index contributed by atoms with van der Waals surface area (Å²) in [5.41, 5.74) is 0.481. The molecule has 0 radical (unpaired) electrons. The number of unbranched alkanes of at least 4 members (excludes halogenated alkanes) is 6. The number of hydrogen-bond acceptors (Lipinski definition) is 2. The van der Waals surface area contributed by atoms with E-state index in [1.54, 1.807) is 6.92 Å². The Labute approximate surface area is 106 Å². The van der Waals surface area contributed by atoms with Crippen molar-refractivity contribution in [2.45, 2.75) is 58.8 Å². The molecule has 17 heavy (non-hydrogen) atoms. The van der Waals surface area contributed by atoms with E-state index in [1.165, 1.54) is 32.1 Å². The molecule has 0 aromatic carbocycles. The maximum atomic E-state index is 11.1. The molecule has 0 atom stereocenters. The van der Waals surface area contributed by atoms with E-state index < -0.39 is 0 Å². The van der Waals surface area contributed by atoms with Gasteiger partial charge in [-0.2, -0.15) is 0 Å². The first kappa shape index (κ1) is 16.0. The van der Waals surface area contributed by atoms with Crippen molar-refractivity contribution >= 4 is 5.97 Å². The van der Waals surface area contributed by atoms with E-state index in [1.807, 2.05) is 0 Å². The van der Waals surface area contributed by atoms with Gasteiger partial charge in [-0.05, 0) is 33.1 Å². The molecule has 0 unspecified atom stereocenters. The van der Waals surface area contributed by atoms with E-state index in [0.29, 0.717) is 12.2 Å². The molecule has 0 N–H and O–H groups in total. The molecule has 0 aliphatic heterocycles. The van der Waals surface area contributed by atoms with Gasteiger partial charge in [0.25, 0.3) is 0 Å². The maximum absolute atomic E-state index is 11.1. The van der Waals surface area contributed by atoms with Crippen molar-refractivity contribution in [2.75, 3.05) is 6.61 Å². The fourth-order valence-corrected chi connectivity index (χ4v) is 1.53. The lowest BCUT2D eigenvalue weighted by Gasteiger charge is -2.04. The zero-order valence-electron chi connectivity index (χ0n) is 11.3. The van der Waals surface area contributed by atoms with Crippen LogP contribution in [0, 0.1) is 0 Å². The Morgan fingerprint density at radius 2 is 1.71 bits per heavy atom. The number of esters is 1. The second kappa shape index (κ2) is 11.4. The molecule has 0 saturated carbocycles. The third-order valence-electron chi connectivity index (χ3n) is 2.58. The van der Waals surface area contributed by atoms with Gasteiger partial charge in [-0.25, -0.2) is 4.79 Å². The molecule has 2 nitrogen and oxygen atoms in total. The third kappa shape index (κ3) is 11.2. The largest absolute Gasteiger partial charge is 0.462 e. The topological polar surface area (TPSA) is 26.3 Å². The maximum Gasteiger partial charge on any atom is 0.333 e. The fourth-order valence-electron chi connectivity index (χ4n) is 1.53. The van der Waals surface area contributed by atoms with Crippen LogP contribution in [-0.4, -0.2) is 12.6 Å². The average molecular weight is 238 g/mol. The quantitative estimate of drug-likeness (QED) is 0.244. The first-order valence-corrected chi connectivity index (χ1v) is 6.62. The summed E-state index contributed by atoms with van der Waals surface area (Å²) in [6.07, 6.45) is 12.7.